The fraction of sp³-hybridized carbons (Fsp3) is 0.417. The standard InChI is InChI=1S/C24H27ClN4O2S/c25-18-1-6-22-21(15-18)27-24(32-22)17-7-9-28(10-8-17)16-23(30)26-19-2-4-20(5-3-19)29-11-13-31-14-12-29/h1-6,15,17H,7-14,16H2,(H,26,30). The Hall–Kier alpha value is -2.19. The Morgan fingerprint density at radius 1 is 1.09 bits per heavy atom. The lowest BCUT2D eigenvalue weighted by atomic mass is 9.97. The van der Waals surface area contributed by atoms with Crippen molar-refractivity contribution in [2.24, 2.45) is 0 Å². The molecule has 2 aliphatic rings. The molecule has 0 atom stereocenters. The number of nitrogens with one attached hydrogen (secondary N) is 1. The summed E-state index contributed by atoms with van der Waals surface area (Å²) in [6.45, 7) is 5.59. The maximum Gasteiger partial charge on any atom is 0.238 e. The van der Waals surface area contributed by atoms with Crippen LogP contribution in [0.4, 0.5) is 11.4 Å². The van der Waals surface area contributed by atoms with Crippen molar-refractivity contribution < 1.29 is 9.53 Å². The first-order valence-electron chi connectivity index (χ1n) is 11.1. The van der Waals surface area contributed by atoms with Crippen molar-refractivity contribution in [1.29, 1.82) is 0 Å². The van der Waals surface area contributed by atoms with Gasteiger partial charge in [0.05, 0.1) is 35.0 Å². The molecule has 0 aliphatic carbocycles. The van der Waals surface area contributed by atoms with Crippen LogP contribution < -0.4 is 10.2 Å². The lowest BCUT2D eigenvalue weighted by molar-refractivity contribution is -0.117. The summed E-state index contributed by atoms with van der Waals surface area (Å²) in [5.74, 6) is 0.496. The van der Waals surface area contributed by atoms with Crippen LogP contribution in [0.15, 0.2) is 42.5 Å². The fourth-order valence-corrected chi connectivity index (χ4v) is 5.70. The number of hydrogen-bond acceptors (Lipinski definition) is 6. The molecule has 0 unspecified atom stereocenters. The second-order valence-corrected chi connectivity index (χ2v) is 9.91. The second-order valence-electron chi connectivity index (χ2n) is 8.41. The number of nitrogens with zero attached hydrogens (tertiary/aromatic N) is 3. The number of halogens is 1. The van der Waals surface area contributed by atoms with Crippen molar-refractivity contribution in [3.8, 4) is 0 Å². The van der Waals surface area contributed by atoms with Crippen LogP contribution in [0.2, 0.25) is 5.02 Å². The monoisotopic (exact) mass is 470 g/mol. The zero-order chi connectivity index (χ0) is 21.9. The Balaban J connectivity index is 1.11. The molecule has 3 aromatic rings. The molecule has 0 bridgehead atoms. The smallest absolute Gasteiger partial charge is 0.238 e. The fourth-order valence-electron chi connectivity index (χ4n) is 4.41. The number of piperidine rings is 1. The van der Waals surface area contributed by atoms with E-state index < -0.39 is 0 Å². The third-order valence-corrected chi connectivity index (χ3v) is 7.63. The van der Waals surface area contributed by atoms with E-state index in [-0.39, 0.29) is 5.91 Å². The number of carbonyl (C=O) groups is 1. The van der Waals surface area contributed by atoms with Gasteiger partial charge in [0.2, 0.25) is 5.91 Å². The van der Waals surface area contributed by atoms with Crippen molar-refractivity contribution in [2.75, 3.05) is 56.2 Å². The summed E-state index contributed by atoms with van der Waals surface area (Å²) in [7, 11) is 0. The van der Waals surface area contributed by atoms with E-state index in [2.05, 4.69) is 27.2 Å². The van der Waals surface area contributed by atoms with Crippen LogP contribution in [0, 0.1) is 0 Å². The molecule has 2 fully saturated rings. The van der Waals surface area contributed by atoms with E-state index in [1.165, 1.54) is 15.4 Å². The number of likely N-dealkylation sites (tertiary alicyclic amines) is 1. The topological polar surface area (TPSA) is 57.7 Å². The minimum absolute atomic E-state index is 0.0391. The van der Waals surface area contributed by atoms with Gasteiger partial charge >= 0.3 is 0 Å². The molecule has 2 aromatic carbocycles. The highest BCUT2D eigenvalue weighted by Gasteiger charge is 2.24. The number of amides is 1. The van der Waals surface area contributed by atoms with E-state index in [9.17, 15) is 4.79 Å². The Kier molecular flexibility index (Phi) is 6.59. The molecular weight excluding hydrogens is 444 g/mol. The molecule has 8 heteroatoms. The van der Waals surface area contributed by atoms with E-state index in [0.29, 0.717) is 12.5 Å². The van der Waals surface area contributed by atoms with Gasteiger partial charge in [0.15, 0.2) is 0 Å². The van der Waals surface area contributed by atoms with Gasteiger partial charge in [0, 0.05) is 35.4 Å². The highest BCUT2D eigenvalue weighted by Crippen LogP contribution is 2.34. The van der Waals surface area contributed by atoms with Crippen molar-refractivity contribution in [3.63, 3.8) is 0 Å². The zero-order valence-electron chi connectivity index (χ0n) is 17.9. The van der Waals surface area contributed by atoms with Crippen LogP contribution in [0.3, 0.4) is 0 Å². The summed E-state index contributed by atoms with van der Waals surface area (Å²) in [4.78, 5) is 21.9. The Bertz CT molecular complexity index is 1070. The predicted molar refractivity (Wildman–Crippen MR) is 131 cm³/mol. The summed E-state index contributed by atoms with van der Waals surface area (Å²) in [5.41, 5.74) is 3.00. The van der Waals surface area contributed by atoms with E-state index >= 15 is 0 Å². The molecular formula is C24H27ClN4O2S. The SMILES string of the molecule is O=C(CN1CCC(c2nc3cc(Cl)ccc3s2)CC1)Nc1ccc(N2CCOCC2)cc1. The molecule has 2 aliphatic heterocycles. The molecule has 6 nitrogen and oxygen atoms in total. The van der Waals surface area contributed by atoms with Gasteiger partial charge in [-0.15, -0.1) is 11.3 Å². The number of hydrogen-bond donors (Lipinski definition) is 1. The maximum atomic E-state index is 12.6. The van der Waals surface area contributed by atoms with Crippen molar-refractivity contribution >= 4 is 50.4 Å². The van der Waals surface area contributed by atoms with Gasteiger partial charge in [0.25, 0.3) is 0 Å². The molecule has 1 N–H and O–H groups in total. The molecule has 1 aromatic heterocycles. The lowest BCUT2D eigenvalue weighted by Crippen LogP contribution is -2.38. The number of ether oxygens (including phenoxy) is 1. The molecule has 0 spiro atoms. The summed E-state index contributed by atoms with van der Waals surface area (Å²) >= 11 is 7.86. The van der Waals surface area contributed by atoms with Crippen LogP contribution in [-0.4, -0.2) is 61.7 Å². The summed E-state index contributed by atoms with van der Waals surface area (Å²) in [6.07, 6.45) is 2.05. The molecule has 0 saturated carbocycles. The van der Waals surface area contributed by atoms with Crippen LogP contribution in [0.5, 0.6) is 0 Å². The van der Waals surface area contributed by atoms with Gasteiger partial charge in [-0.25, -0.2) is 4.98 Å². The van der Waals surface area contributed by atoms with Gasteiger partial charge in [0.1, 0.15) is 0 Å². The van der Waals surface area contributed by atoms with Crippen molar-refractivity contribution in [3.05, 3.63) is 52.5 Å². The number of thiazole rings is 1. The number of benzene rings is 2. The molecule has 1 amide bonds. The number of aromatic nitrogens is 1. The number of morpholine rings is 1. The summed E-state index contributed by atoms with van der Waals surface area (Å²) in [5, 5.41) is 4.95. The lowest BCUT2D eigenvalue weighted by Gasteiger charge is -2.30. The van der Waals surface area contributed by atoms with E-state index in [4.69, 9.17) is 21.3 Å². The molecule has 32 heavy (non-hydrogen) atoms. The highest BCUT2D eigenvalue weighted by atomic mass is 35.5. The molecule has 0 radical (unpaired) electrons. The Morgan fingerprint density at radius 3 is 2.59 bits per heavy atom. The quantitative estimate of drug-likeness (QED) is 0.590. The van der Waals surface area contributed by atoms with Crippen LogP contribution in [0.25, 0.3) is 10.2 Å². The average Bonchev–Trinajstić information content (AvgIpc) is 3.24. The maximum absolute atomic E-state index is 12.6. The van der Waals surface area contributed by atoms with Gasteiger partial charge in [-0.05, 0) is 68.4 Å². The van der Waals surface area contributed by atoms with E-state index in [0.717, 1.165) is 68.5 Å². The van der Waals surface area contributed by atoms with Crippen molar-refractivity contribution in [1.82, 2.24) is 9.88 Å². The first kappa shape index (κ1) is 21.6. The first-order chi connectivity index (χ1) is 15.6. The van der Waals surface area contributed by atoms with E-state index in [1.54, 1.807) is 11.3 Å². The number of carbonyl (C=O) groups excluding carboxylic acids is 1. The number of anilines is 2. The van der Waals surface area contributed by atoms with Crippen LogP contribution >= 0.6 is 22.9 Å². The van der Waals surface area contributed by atoms with Gasteiger partial charge in [-0.2, -0.15) is 0 Å². The predicted octanol–water partition coefficient (Wildman–Crippen LogP) is 4.60. The minimum Gasteiger partial charge on any atom is -0.378 e. The molecule has 5 rings (SSSR count). The van der Waals surface area contributed by atoms with Gasteiger partial charge in [-0.1, -0.05) is 11.6 Å². The Labute approximate surface area is 197 Å². The Morgan fingerprint density at radius 2 is 1.84 bits per heavy atom. The molecule has 2 saturated heterocycles. The zero-order valence-corrected chi connectivity index (χ0v) is 19.5. The van der Waals surface area contributed by atoms with E-state index in [1.807, 2.05) is 30.3 Å². The van der Waals surface area contributed by atoms with Crippen LogP contribution in [-0.2, 0) is 9.53 Å². The molecule has 168 valence electrons. The largest absolute Gasteiger partial charge is 0.378 e. The normalized spacial score (nSPS) is 18.2. The van der Waals surface area contributed by atoms with Gasteiger partial charge in [-0.3, -0.25) is 9.69 Å². The van der Waals surface area contributed by atoms with Gasteiger partial charge < -0.3 is 15.0 Å². The first-order valence-corrected chi connectivity index (χ1v) is 12.3. The molecule has 3 heterocycles. The third-order valence-electron chi connectivity index (χ3n) is 6.20. The second kappa shape index (κ2) is 9.75. The minimum atomic E-state index is 0.0391. The van der Waals surface area contributed by atoms with Crippen molar-refractivity contribution in [2.45, 2.75) is 18.8 Å². The highest BCUT2D eigenvalue weighted by molar-refractivity contribution is 7.18. The summed E-state index contributed by atoms with van der Waals surface area (Å²) in [6, 6.07) is 14.0. The summed E-state index contributed by atoms with van der Waals surface area (Å²) < 4.78 is 6.59. The van der Waals surface area contributed by atoms with Crippen LogP contribution in [0.1, 0.15) is 23.8 Å². The third kappa shape index (κ3) is 5.07. The average molecular weight is 471 g/mol. The number of rotatable bonds is 5. The number of fused-ring (bicyclic) bond motifs is 1.